The van der Waals surface area contributed by atoms with E-state index < -0.39 is 0 Å². The molecule has 1 amide bonds. The highest BCUT2D eigenvalue weighted by molar-refractivity contribution is 5.94. The number of ether oxygens (including phenoxy) is 1. The molecular weight excluding hydrogens is 228 g/mol. The largest absolute Gasteiger partial charge is 0.368 e. The quantitative estimate of drug-likeness (QED) is 0.837. The Kier molecular flexibility index (Phi) is 4.73. The van der Waals surface area contributed by atoms with Gasteiger partial charge in [-0.2, -0.15) is 0 Å². The van der Waals surface area contributed by atoms with Crippen LogP contribution in [0.25, 0.3) is 0 Å². The minimum Gasteiger partial charge on any atom is -0.368 e. The summed E-state index contributed by atoms with van der Waals surface area (Å²) in [6, 6.07) is 7.90. The lowest BCUT2D eigenvalue weighted by atomic mass is 10.2. The molecule has 2 N–H and O–H groups in total. The Morgan fingerprint density at radius 1 is 1.50 bits per heavy atom. The molecule has 0 aliphatic carbocycles. The smallest absolute Gasteiger partial charge is 0.253 e. The van der Waals surface area contributed by atoms with Crippen LogP contribution in [0, 0.1) is 0 Å². The van der Waals surface area contributed by atoms with Crippen molar-refractivity contribution in [3.05, 3.63) is 29.8 Å². The molecule has 0 aromatic heterocycles. The predicted octanol–water partition coefficient (Wildman–Crippen LogP) is 1.91. The maximum atomic E-state index is 11.9. The maximum Gasteiger partial charge on any atom is 0.253 e. The van der Waals surface area contributed by atoms with Crippen molar-refractivity contribution in [3.8, 4) is 0 Å². The van der Waals surface area contributed by atoms with Gasteiger partial charge in [0.25, 0.3) is 5.91 Å². The molecule has 0 bridgehead atoms. The molecule has 4 heteroatoms. The summed E-state index contributed by atoms with van der Waals surface area (Å²) in [5.41, 5.74) is 2.01. The van der Waals surface area contributed by atoms with Crippen molar-refractivity contribution in [2.24, 2.45) is 0 Å². The number of amides is 1. The van der Waals surface area contributed by atoms with E-state index in [0.29, 0.717) is 6.61 Å². The Labute approximate surface area is 108 Å². The van der Waals surface area contributed by atoms with E-state index in [0.717, 1.165) is 31.6 Å². The molecule has 1 aliphatic heterocycles. The van der Waals surface area contributed by atoms with Gasteiger partial charge in [-0.15, -0.1) is 0 Å². The van der Waals surface area contributed by atoms with E-state index in [-0.39, 0.29) is 12.0 Å². The molecule has 1 fully saturated rings. The highest BCUT2D eigenvalue weighted by Crippen LogP contribution is 2.16. The third-order valence-corrected chi connectivity index (χ3v) is 3.00. The van der Waals surface area contributed by atoms with Crippen LogP contribution in [0.3, 0.4) is 0 Å². The monoisotopic (exact) mass is 248 g/mol. The van der Waals surface area contributed by atoms with Gasteiger partial charge in [-0.05, 0) is 37.1 Å². The normalized spacial score (nSPS) is 18.8. The molecule has 98 valence electrons. The van der Waals surface area contributed by atoms with E-state index in [4.69, 9.17) is 4.74 Å². The lowest BCUT2D eigenvalue weighted by Crippen LogP contribution is -2.26. The van der Waals surface area contributed by atoms with Crippen molar-refractivity contribution < 1.29 is 9.53 Å². The first-order valence-electron chi connectivity index (χ1n) is 6.51. The molecule has 1 atom stereocenters. The minimum absolute atomic E-state index is 0.0342. The molecule has 0 saturated carbocycles. The number of carbonyl (C=O) groups is 1. The highest BCUT2D eigenvalue weighted by atomic mass is 16.5. The SMILES string of the molecule is CCNCc1cccc(NC(=O)[C@H]2CCCO2)c1. The topological polar surface area (TPSA) is 50.4 Å². The summed E-state index contributed by atoms with van der Waals surface area (Å²) >= 11 is 0. The van der Waals surface area contributed by atoms with E-state index in [1.165, 1.54) is 5.56 Å². The van der Waals surface area contributed by atoms with Crippen LogP contribution in [0.2, 0.25) is 0 Å². The van der Waals surface area contributed by atoms with E-state index in [9.17, 15) is 4.79 Å². The van der Waals surface area contributed by atoms with Crippen LogP contribution < -0.4 is 10.6 Å². The molecule has 0 spiro atoms. The first kappa shape index (κ1) is 13.1. The number of hydrogen-bond donors (Lipinski definition) is 2. The van der Waals surface area contributed by atoms with Crippen molar-refractivity contribution in [1.29, 1.82) is 0 Å². The highest BCUT2D eigenvalue weighted by Gasteiger charge is 2.23. The van der Waals surface area contributed by atoms with Gasteiger partial charge in [-0.25, -0.2) is 0 Å². The van der Waals surface area contributed by atoms with Gasteiger partial charge in [-0.1, -0.05) is 19.1 Å². The molecule has 1 aromatic rings. The minimum atomic E-state index is -0.276. The van der Waals surface area contributed by atoms with Crippen LogP contribution in [0.1, 0.15) is 25.3 Å². The Morgan fingerprint density at radius 2 is 2.39 bits per heavy atom. The van der Waals surface area contributed by atoms with E-state index in [1.807, 2.05) is 24.3 Å². The number of benzene rings is 1. The van der Waals surface area contributed by atoms with E-state index >= 15 is 0 Å². The van der Waals surface area contributed by atoms with Gasteiger partial charge >= 0.3 is 0 Å². The first-order chi connectivity index (χ1) is 8.79. The van der Waals surface area contributed by atoms with Crippen molar-refractivity contribution in [2.75, 3.05) is 18.5 Å². The standard InChI is InChI=1S/C14H20N2O2/c1-2-15-10-11-5-3-6-12(9-11)16-14(17)13-7-4-8-18-13/h3,5-6,9,13,15H,2,4,7-8,10H2,1H3,(H,16,17)/t13-/m1/s1. The zero-order valence-corrected chi connectivity index (χ0v) is 10.7. The van der Waals surface area contributed by atoms with E-state index in [1.54, 1.807) is 0 Å². The van der Waals surface area contributed by atoms with Crippen molar-refractivity contribution in [1.82, 2.24) is 5.32 Å². The summed E-state index contributed by atoms with van der Waals surface area (Å²) in [4.78, 5) is 11.9. The van der Waals surface area contributed by atoms with Crippen molar-refractivity contribution in [2.45, 2.75) is 32.4 Å². The third kappa shape index (κ3) is 3.55. The van der Waals surface area contributed by atoms with Crippen LogP contribution in [-0.4, -0.2) is 25.2 Å². The molecule has 0 radical (unpaired) electrons. The average molecular weight is 248 g/mol. The molecule has 1 heterocycles. The predicted molar refractivity (Wildman–Crippen MR) is 71.4 cm³/mol. The molecule has 0 unspecified atom stereocenters. The van der Waals surface area contributed by atoms with Crippen LogP contribution in [0.5, 0.6) is 0 Å². The molecule has 18 heavy (non-hydrogen) atoms. The fourth-order valence-corrected chi connectivity index (χ4v) is 2.04. The summed E-state index contributed by atoms with van der Waals surface area (Å²) in [5, 5.41) is 6.17. The number of nitrogens with one attached hydrogen (secondary N) is 2. The van der Waals surface area contributed by atoms with Gasteiger partial charge in [0, 0.05) is 18.8 Å². The van der Waals surface area contributed by atoms with Crippen LogP contribution in [0.4, 0.5) is 5.69 Å². The second-order valence-corrected chi connectivity index (χ2v) is 4.47. The van der Waals surface area contributed by atoms with Gasteiger partial charge in [0.05, 0.1) is 0 Å². The summed E-state index contributed by atoms with van der Waals surface area (Å²) in [6.45, 7) is 4.52. The van der Waals surface area contributed by atoms with Gasteiger partial charge in [0.15, 0.2) is 0 Å². The van der Waals surface area contributed by atoms with Crippen LogP contribution >= 0.6 is 0 Å². The van der Waals surface area contributed by atoms with Crippen molar-refractivity contribution in [3.63, 3.8) is 0 Å². The first-order valence-corrected chi connectivity index (χ1v) is 6.51. The maximum absolute atomic E-state index is 11.9. The Hall–Kier alpha value is -1.39. The summed E-state index contributed by atoms with van der Waals surface area (Å²) in [7, 11) is 0. The molecular formula is C14H20N2O2. The lowest BCUT2D eigenvalue weighted by Gasteiger charge is -2.11. The van der Waals surface area contributed by atoms with Gasteiger partial charge in [0.1, 0.15) is 6.10 Å². The van der Waals surface area contributed by atoms with Gasteiger partial charge < -0.3 is 15.4 Å². The summed E-state index contributed by atoms with van der Waals surface area (Å²) in [6.07, 6.45) is 1.52. The summed E-state index contributed by atoms with van der Waals surface area (Å²) < 4.78 is 5.36. The molecule has 1 aromatic carbocycles. The number of anilines is 1. The molecule has 1 aliphatic rings. The second kappa shape index (κ2) is 6.52. The number of carbonyl (C=O) groups excluding carboxylic acids is 1. The molecule has 4 nitrogen and oxygen atoms in total. The Morgan fingerprint density at radius 3 is 3.11 bits per heavy atom. The molecule has 2 rings (SSSR count). The van der Waals surface area contributed by atoms with Gasteiger partial charge in [0.2, 0.25) is 0 Å². The average Bonchev–Trinajstić information content (AvgIpc) is 2.91. The Balaban J connectivity index is 1.93. The van der Waals surface area contributed by atoms with E-state index in [2.05, 4.69) is 17.6 Å². The Bertz CT molecular complexity index is 401. The second-order valence-electron chi connectivity index (χ2n) is 4.47. The fraction of sp³-hybridized carbons (Fsp3) is 0.500. The molecule has 1 saturated heterocycles. The number of hydrogen-bond acceptors (Lipinski definition) is 3. The van der Waals surface area contributed by atoms with Crippen molar-refractivity contribution >= 4 is 11.6 Å². The van der Waals surface area contributed by atoms with Crippen LogP contribution in [0.15, 0.2) is 24.3 Å². The van der Waals surface area contributed by atoms with Gasteiger partial charge in [-0.3, -0.25) is 4.79 Å². The summed E-state index contributed by atoms with van der Waals surface area (Å²) in [5.74, 6) is -0.0342. The third-order valence-electron chi connectivity index (χ3n) is 3.00. The fourth-order valence-electron chi connectivity index (χ4n) is 2.04. The number of rotatable bonds is 5. The zero-order chi connectivity index (χ0) is 12.8. The lowest BCUT2D eigenvalue weighted by molar-refractivity contribution is -0.124. The van der Waals surface area contributed by atoms with Crippen LogP contribution in [-0.2, 0) is 16.1 Å². The zero-order valence-electron chi connectivity index (χ0n) is 10.7.